The minimum absolute atomic E-state index is 0.0565. The highest BCUT2D eigenvalue weighted by molar-refractivity contribution is 6.03. The zero-order valence-corrected chi connectivity index (χ0v) is 15.0. The first-order chi connectivity index (χ1) is 13.5. The fraction of sp³-hybridized carbons (Fsp3) is 0.211. The molecule has 142 valence electrons. The van der Waals surface area contributed by atoms with Crippen molar-refractivity contribution in [3.8, 4) is 5.82 Å². The van der Waals surface area contributed by atoms with Gasteiger partial charge in [0.1, 0.15) is 29.6 Å². The third-order valence-electron chi connectivity index (χ3n) is 4.59. The maximum Gasteiger partial charge on any atom is 0.230 e. The van der Waals surface area contributed by atoms with Gasteiger partial charge in [-0.05, 0) is 25.1 Å². The van der Waals surface area contributed by atoms with Gasteiger partial charge < -0.3 is 10.2 Å². The summed E-state index contributed by atoms with van der Waals surface area (Å²) in [6.07, 6.45) is 4.82. The molecule has 1 saturated heterocycles. The van der Waals surface area contributed by atoms with Crippen molar-refractivity contribution in [2.45, 2.75) is 13.3 Å². The number of anilines is 2. The molecule has 1 aromatic carbocycles. The van der Waals surface area contributed by atoms with Gasteiger partial charge in [0, 0.05) is 37.1 Å². The van der Waals surface area contributed by atoms with Gasteiger partial charge in [0.2, 0.25) is 11.8 Å². The van der Waals surface area contributed by atoms with Crippen molar-refractivity contribution in [2.24, 2.45) is 5.92 Å². The van der Waals surface area contributed by atoms with Gasteiger partial charge in [-0.2, -0.15) is 0 Å². The lowest BCUT2D eigenvalue weighted by atomic mass is 10.1. The molecule has 1 fully saturated rings. The molecule has 1 aliphatic heterocycles. The number of benzene rings is 1. The number of carbonyl (C=O) groups is 2. The van der Waals surface area contributed by atoms with Crippen LogP contribution in [-0.4, -0.2) is 37.9 Å². The Morgan fingerprint density at radius 1 is 1.25 bits per heavy atom. The maximum atomic E-state index is 13.4. The van der Waals surface area contributed by atoms with Crippen molar-refractivity contribution in [2.75, 3.05) is 16.8 Å². The van der Waals surface area contributed by atoms with Crippen molar-refractivity contribution in [1.29, 1.82) is 0 Å². The maximum absolute atomic E-state index is 13.4. The molecule has 4 rings (SSSR count). The van der Waals surface area contributed by atoms with Gasteiger partial charge in [-0.15, -0.1) is 0 Å². The average molecular weight is 380 g/mol. The molecule has 8 nitrogen and oxygen atoms in total. The molecule has 0 aliphatic carbocycles. The van der Waals surface area contributed by atoms with E-state index in [9.17, 15) is 14.0 Å². The molecule has 28 heavy (non-hydrogen) atoms. The Bertz CT molecular complexity index is 1050. The van der Waals surface area contributed by atoms with Crippen LogP contribution in [0.15, 0.2) is 49.1 Å². The number of aryl methyl sites for hydroxylation is 1. The van der Waals surface area contributed by atoms with Gasteiger partial charge in [-0.1, -0.05) is 6.07 Å². The average Bonchev–Trinajstić information content (AvgIpc) is 3.27. The van der Waals surface area contributed by atoms with Crippen molar-refractivity contribution in [3.63, 3.8) is 0 Å². The van der Waals surface area contributed by atoms with E-state index in [4.69, 9.17) is 0 Å². The number of hydrogen-bond donors (Lipinski definition) is 1. The Hall–Kier alpha value is -3.62. The molecule has 2 amide bonds. The second-order valence-electron chi connectivity index (χ2n) is 6.48. The molecule has 0 spiro atoms. The molecule has 1 atom stereocenters. The number of hydrogen-bond acceptors (Lipinski definition) is 5. The van der Waals surface area contributed by atoms with E-state index >= 15 is 0 Å². The number of rotatable bonds is 4. The number of aromatic nitrogens is 4. The quantitative estimate of drug-likeness (QED) is 0.748. The highest BCUT2D eigenvalue weighted by Gasteiger charge is 2.35. The van der Waals surface area contributed by atoms with E-state index in [0.29, 0.717) is 17.3 Å². The third-order valence-corrected chi connectivity index (χ3v) is 4.59. The van der Waals surface area contributed by atoms with Gasteiger partial charge in [-0.3, -0.25) is 14.2 Å². The smallest absolute Gasteiger partial charge is 0.230 e. The summed E-state index contributed by atoms with van der Waals surface area (Å²) in [7, 11) is 0. The van der Waals surface area contributed by atoms with Crippen LogP contribution in [0, 0.1) is 18.7 Å². The zero-order chi connectivity index (χ0) is 19.7. The van der Waals surface area contributed by atoms with Crippen LogP contribution in [0.2, 0.25) is 0 Å². The molecule has 0 radical (unpaired) electrons. The summed E-state index contributed by atoms with van der Waals surface area (Å²) in [6, 6.07) is 7.40. The lowest BCUT2D eigenvalue weighted by molar-refractivity contribution is -0.122. The standard InChI is InChI=1S/C19H17FN6O2/c1-12-21-5-6-25(12)17-9-16(22-11-23-17)24-19(28)13-7-18(27)26(10-13)15-4-2-3-14(20)8-15/h2-6,8-9,11,13H,7,10H2,1H3,(H,22,23,24,28). The van der Waals surface area contributed by atoms with Gasteiger partial charge in [0.15, 0.2) is 0 Å². The highest BCUT2D eigenvalue weighted by atomic mass is 19.1. The number of imidazole rings is 1. The molecule has 3 heterocycles. The summed E-state index contributed by atoms with van der Waals surface area (Å²) in [5, 5.41) is 2.73. The van der Waals surface area contributed by atoms with Gasteiger partial charge in [0.25, 0.3) is 0 Å². The molecule has 1 aliphatic rings. The zero-order valence-electron chi connectivity index (χ0n) is 15.0. The van der Waals surface area contributed by atoms with Crippen molar-refractivity contribution < 1.29 is 14.0 Å². The fourth-order valence-corrected chi connectivity index (χ4v) is 3.17. The number of amides is 2. The minimum Gasteiger partial charge on any atom is -0.311 e. The predicted molar refractivity (Wildman–Crippen MR) is 99.4 cm³/mol. The summed E-state index contributed by atoms with van der Waals surface area (Å²) in [5.41, 5.74) is 0.445. The summed E-state index contributed by atoms with van der Waals surface area (Å²) < 4.78 is 15.2. The lowest BCUT2D eigenvalue weighted by Gasteiger charge is -2.16. The van der Waals surface area contributed by atoms with E-state index in [1.807, 2.05) is 6.92 Å². The van der Waals surface area contributed by atoms with E-state index in [1.54, 1.807) is 29.1 Å². The highest BCUT2D eigenvalue weighted by Crippen LogP contribution is 2.26. The number of nitrogens with zero attached hydrogens (tertiary/aromatic N) is 5. The molecule has 9 heteroatoms. The van der Waals surface area contributed by atoms with E-state index in [1.165, 1.54) is 29.4 Å². The Kier molecular flexibility index (Phi) is 4.56. The SMILES string of the molecule is Cc1nccn1-c1cc(NC(=O)C2CC(=O)N(c3cccc(F)c3)C2)ncn1. The molecule has 0 saturated carbocycles. The second kappa shape index (κ2) is 7.18. The van der Waals surface area contributed by atoms with Crippen LogP contribution in [0.1, 0.15) is 12.2 Å². The van der Waals surface area contributed by atoms with Crippen LogP contribution in [0.25, 0.3) is 5.82 Å². The lowest BCUT2D eigenvalue weighted by Crippen LogP contribution is -2.28. The third kappa shape index (κ3) is 3.46. The summed E-state index contributed by atoms with van der Waals surface area (Å²) >= 11 is 0. The number of halogens is 1. The molecule has 1 N–H and O–H groups in total. The van der Waals surface area contributed by atoms with E-state index in [2.05, 4.69) is 20.3 Å². The first-order valence-corrected chi connectivity index (χ1v) is 8.70. The van der Waals surface area contributed by atoms with Gasteiger partial charge >= 0.3 is 0 Å². The molecule has 2 aromatic heterocycles. The number of carbonyl (C=O) groups excluding carboxylic acids is 2. The monoisotopic (exact) mass is 380 g/mol. The van der Waals surface area contributed by atoms with Crippen LogP contribution in [0.5, 0.6) is 0 Å². The Morgan fingerprint density at radius 3 is 2.86 bits per heavy atom. The van der Waals surface area contributed by atoms with Crippen LogP contribution in [0.4, 0.5) is 15.9 Å². The Labute approximate surface area is 160 Å². The second-order valence-corrected chi connectivity index (χ2v) is 6.48. The van der Waals surface area contributed by atoms with E-state index < -0.39 is 11.7 Å². The molecular weight excluding hydrogens is 363 g/mol. The van der Waals surface area contributed by atoms with E-state index in [0.717, 1.165) is 5.82 Å². The van der Waals surface area contributed by atoms with Crippen LogP contribution in [-0.2, 0) is 9.59 Å². The van der Waals surface area contributed by atoms with Crippen LogP contribution in [0.3, 0.4) is 0 Å². The first kappa shape index (κ1) is 17.8. The first-order valence-electron chi connectivity index (χ1n) is 8.70. The predicted octanol–water partition coefficient (Wildman–Crippen LogP) is 2.10. The summed E-state index contributed by atoms with van der Waals surface area (Å²) in [6.45, 7) is 2.03. The normalized spacial score (nSPS) is 16.4. The van der Waals surface area contributed by atoms with Crippen molar-refractivity contribution >= 4 is 23.3 Å². The summed E-state index contributed by atoms with van der Waals surface area (Å²) in [5.74, 6) is 0.139. The van der Waals surface area contributed by atoms with Crippen LogP contribution < -0.4 is 10.2 Å². The largest absolute Gasteiger partial charge is 0.311 e. The Morgan fingerprint density at radius 2 is 2.11 bits per heavy atom. The molecule has 0 bridgehead atoms. The van der Waals surface area contributed by atoms with Gasteiger partial charge in [-0.25, -0.2) is 19.3 Å². The summed E-state index contributed by atoms with van der Waals surface area (Å²) in [4.78, 5) is 38.7. The minimum atomic E-state index is -0.552. The molecular formula is C19H17FN6O2. The van der Waals surface area contributed by atoms with E-state index in [-0.39, 0.29) is 24.8 Å². The topological polar surface area (TPSA) is 93.0 Å². The molecule has 1 unspecified atom stereocenters. The van der Waals surface area contributed by atoms with Crippen molar-refractivity contribution in [1.82, 2.24) is 19.5 Å². The van der Waals surface area contributed by atoms with Crippen molar-refractivity contribution in [3.05, 3.63) is 60.7 Å². The van der Waals surface area contributed by atoms with Gasteiger partial charge in [0.05, 0.1) is 5.92 Å². The number of nitrogens with one attached hydrogen (secondary N) is 1. The fourth-order valence-electron chi connectivity index (χ4n) is 3.17. The van der Waals surface area contributed by atoms with Crippen LogP contribution >= 0.6 is 0 Å². The molecule has 3 aromatic rings. The Balaban J connectivity index is 1.47.